The fraction of sp³-hybridized carbons (Fsp3) is 0.118. The van der Waals surface area contributed by atoms with Gasteiger partial charge in [0, 0.05) is 17.0 Å². The Morgan fingerprint density at radius 3 is 2.45 bits per heavy atom. The minimum Gasteiger partial charge on any atom is -0.462 e. The Kier molecular flexibility index (Phi) is 5.56. The third-order valence-corrected chi connectivity index (χ3v) is 3.29. The fourth-order valence-electron chi connectivity index (χ4n) is 1.70. The van der Waals surface area contributed by atoms with E-state index in [9.17, 15) is 4.79 Å². The molecule has 0 heterocycles. The van der Waals surface area contributed by atoms with Crippen LogP contribution < -0.4 is 0 Å². The van der Waals surface area contributed by atoms with E-state index >= 15 is 0 Å². The zero-order valence-corrected chi connectivity index (χ0v) is 12.5. The van der Waals surface area contributed by atoms with Crippen LogP contribution in [0, 0.1) is 0 Å². The summed E-state index contributed by atoms with van der Waals surface area (Å²) in [5.41, 5.74) is 2.13. The van der Waals surface area contributed by atoms with Gasteiger partial charge in [-0.1, -0.05) is 58.4 Å². The highest BCUT2D eigenvalue weighted by atomic mass is 79.9. The molecule has 0 aliphatic carbocycles. The Balaban J connectivity index is 1.76. The van der Waals surface area contributed by atoms with Gasteiger partial charge in [0.25, 0.3) is 0 Å². The number of hydrogen-bond acceptors (Lipinski definition) is 2. The van der Waals surface area contributed by atoms with E-state index < -0.39 is 0 Å². The molecular weight excluding hydrogens is 316 g/mol. The van der Waals surface area contributed by atoms with E-state index in [4.69, 9.17) is 4.74 Å². The van der Waals surface area contributed by atoms with E-state index in [1.807, 2.05) is 54.6 Å². The molecule has 0 spiro atoms. The summed E-state index contributed by atoms with van der Waals surface area (Å²) in [6.07, 6.45) is 3.93. The maximum atomic E-state index is 11.6. The molecule has 2 aromatic rings. The molecule has 20 heavy (non-hydrogen) atoms. The molecule has 0 unspecified atom stereocenters. The van der Waals surface area contributed by atoms with E-state index in [-0.39, 0.29) is 5.97 Å². The highest BCUT2D eigenvalue weighted by molar-refractivity contribution is 9.10. The minimum atomic E-state index is -0.316. The summed E-state index contributed by atoms with van der Waals surface area (Å²) in [6, 6.07) is 17.7. The van der Waals surface area contributed by atoms with Crippen molar-refractivity contribution in [3.05, 3.63) is 76.3 Å². The van der Waals surface area contributed by atoms with Gasteiger partial charge in [0.1, 0.15) is 0 Å². The highest BCUT2D eigenvalue weighted by Crippen LogP contribution is 2.11. The summed E-state index contributed by atoms with van der Waals surface area (Å²) in [7, 11) is 0. The molecule has 0 amide bonds. The topological polar surface area (TPSA) is 26.3 Å². The third kappa shape index (κ3) is 5.02. The molecule has 0 N–H and O–H groups in total. The molecule has 102 valence electrons. The van der Waals surface area contributed by atoms with Gasteiger partial charge in [-0.3, -0.25) is 0 Å². The van der Waals surface area contributed by atoms with E-state index in [1.165, 1.54) is 6.08 Å². The second-order valence-electron chi connectivity index (χ2n) is 4.29. The van der Waals surface area contributed by atoms with Gasteiger partial charge >= 0.3 is 5.97 Å². The first-order valence-electron chi connectivity index (χ1n) is 6.38. The molecule has 0 atom stereocenters. The number of halogens is 1. The summed E-state index contributed by atoms with van der Waals surface area (Å²) in [5.74, 6) is -0.316. The van der Waals surface area contributed by atoms with Crippen LogP contribution in [0.3, 0.4) is 0 Å². The van der Waals surface area contributed by atoms with Crippen LogP contribution in [0.2, 0.25) is 0 Å². The van der Waals surface area contributed by atoms with Crippen LogP contribution >= 0.6 is 15.9 Å². The second-order valence-corrected chi connectivity index (χ2v) is 5.20. The zero-order valence-electron chi connectivity index (χ0n) is 11.0. The van der Waals surface area contributed by atoms with Gasteiger partial charge in [0.05, 0.1) is 6.61 Å². The van der Waals surface area contributed by atoms with Gasteiger partial charge in [-0.25, -0.2) is 4.79 Å². The van der Waals surface area contributed by atoms with Crippen LogP contribution in [0.4, 0.5) is 0 Å². The summed E-state index contributed by atoms with van der Waals surface area (Å²) in [4.78, 5) is 11.6. The summed E-state index contributed by atoms with van der Waals surface area (Å²) in [5, 5.41) is 0. The van der Waals surface area contributed by atoms with Crippen molar-refractivity contribution in [2.75, 3.05) is 6.61 Å². The van der Waals surface area contributed by atoms with E-state index in [2.05, 4.69) is 15.9 Å². The van der Waals surface area contributed by atoms with Crippen molar-refractivity contribution in [1.82, 2.24) is 0 Å². The zero-order chi connectivity index (χ0) is 14.2. The Labute approximate surface area is 127 Å². The number of carbonyl (C=O) groups is 1. The molecule has 0 saturated carbocycles. The van der Waals surface area contributed by atoms with Gasteiger partial charge in [-0.15, -0.1) is 0 Å². The lowest BCUT2D eigenvalue weighted by Crippen LogP contribution is -2.04. The van der Waals surface area contributed by atoms with Gasteiger partial charge in [-0.05, 0) is 29.3 Å². The minimum absolute atomic E-state index is 0.316. The van der Waals surface area contributed by atoms with Crippen molar-refractivity contribution in [2.45, 2.75) is 6.42 Å². The monoisotopic (exact) mass is 330 g/mol. The van der Waals surface area contributed by atoms with Crippen LogP contribution in [-0.2, 0) is 16.0 Å². The van der Waals surface area contributed by atoms with Gasteiger partial charge in [-0.2, -0.15) is 0 Å². The standard InChI is InChI=1S/C17H15BrO2/c18-16-9-6-15(7-10-16)8-11-17(19)20-13-12-14-4-2-1-3-5-14/h1-11H,12-13H2/b11-8+. The number of rotatable bonds is 5. The average molecular weight is 331 g/mol. The maximum Gasteiger partial charge on any atom is 0.330 e. The first kappa shape index (κ1) is 14.5. The van der Waals surface area contributed by atoms with Crippen LogP contribution in [0.15, 0.2) is 65.1 Å². The van der Waals surface area contributed by atoms with E-state index in [1.54, 1.807) is 6.08 Å². The van der Waals surface area contributed by atoms with E-state index in [0.29, 0.717) is 6.61 Å². The molecule has 0 aromatic heterocycles. The number of hydrogen-bond donors (Lipinski definition) is 0. The molecule has 0 aliphatic heterocycles. The van der Waals surface area contributed by atoms with Crippen molar-refractivity contribution in [2.24, 2.45) is 0 Å². The van der Waals surface area contributed by atoms with Gasteiger partial charge in [0.2, 0.25) is 0 Å². The smallest absolute Gasteiger partial charge is 0.330 e. The van der Waals surface area contributed by atoms with Crippen LogP contribution in [-0.4, -0.2) is 12.6 Å². The molecule has 3 heteroatoms. The van der Waals surface area contributed by atoms with Gasteiger partial charge in [0.15, 0.2) is 0 Å². The number of esters is 1. The normalized spacial score (nSPS) is 10.7. The Morgan fingerprint density at radius 1 is 1.05 bits per heavy atom. The third-order valence-electron chi connectivity index (χ3n) is 2.76. The van der Waals surface area contributed by atoms with Crippen LogP contribution in [0.1, 0.15) is 11.1 Å². The lowest BCUT2D eigenvalue weighted by Gasteiger charge is -2.02. The predicted molar refractivity (Wildman–Crippen MR) is 84.3 cm³/mol. The van der Waals surface area contributed by atoms with Gasteiger partial charge < -0.3 is 4.74 Å². The highest BCUT2D eigenvalue weighted by Gasteiger charge is 1.98. The Bertz CT molecular complexity index is 574. The second kappa shape index (κ2) is 7.65. The molecule has 0 bridgehead atoms. The van der Waals surface area contributed by atoms with Crippen molar-refractivity contribution in [1.29, 1.82) is 0 Å². The Morgan fingerprint density at radius 2 is 1.75 bits per heavy atom. The number of carbonyl (C=O) groups excluding carboxylic acids is 1. The van der Waals surface area contributed by atoms with Crippen LogP contribution in [0.5, 0.6) is 0 Å². The molecule has 2 rings (SSSR count). The van der Waals surface area contributed by atoms with Crippen molar-refractivity contribution >= 4 is 28.0 Å². The molecule has 2 nitrogen and oxygen atoms in total. The Hall–Kier alpha value is -1.87. The predicted octanol–water partition coefficient (Wildman–Crippen LogP) is 4.25. The SMILES string of the molecule is O=C(/C=C/c1ccc(Br)cc1)OCCc1ccccc1. The van der Waals surface area contributed by atoms with Crippen molar-refractivity contribution < 1.29 is 9.53 Å². The molecule has 0 aliphatic rings. The maximum absolute atomic E-state index is 11.6. The largest absolute Gasteiger partial charge is 0.462 e. The van der Waals surface area contributed by atoms with Crippen molar-refractivity contribution in [3.8, 4) is 0 Å². The molecule has 0 radical (unpaired) electrons. The molecule has 0 fully saturated rings. The molecular formula is C17H15BrO2. The number of ether oxygens (including phenoxy) is 1. The summed E-state index contributed by atoms with van der Waals surface area (Å²) in [6.45, 7) is 0.396. The first-order chi connectivity index (χ1) is 9.74. The van der Waals surface area contributed by atoms with Crippen LogP contribution in [0.25, 0.3) is 6.08 Å². The van der Waals surface area contributed by atoms with E-state index in [0.717, 1.165) is 22.0 Å². The molecule has 2 aromatic carbocycles. The number of benzene rings is 2. The summed E-state index contributed by atoms with van der Waals surface area (Å²) >= 11 is 3.37. The quantitative estimate of drug-likeness (QED) is 0.605. The lowest BCUT2D eigenvalue weighted by atomic mass is 10.2. The summed E-state index contributed by atoms with van der Waals surface area (Å²) < 4.78 is 6.17. The molecule has 0 saturated heterocycles. The average Bonchev–Trinajstić information content (AvgIpc) is 2.48. The first-order valence-corrected chi connectivity index (χ1v) is 7.18. The fourth-order valence-corrected chi connectivity index (χ4v) is 1.96. The van der Waals surface area contributed by atoms with Crippen molar-refractivity contribution in [3.63, 3.8) is 0 Å². The lowest BCUT2D eigenvalue weighted by molar-refractivity contribution is -0.137.